The minimum Gasteiger partial charge on any atom is -0.462 e. The highest BCUT2D eigenvalue weighted by Crippen LogP contribution is 2.47. The molecule has 0 aliphatic heterocycles. The number of allylic oxidation sites excluding steroid dienone is 4. The quantitative estimate of drug-likeness (QED) is 0.0149. The summed E-state index contributed by atoms with van der Waals surface area (Å²) in [7, 11) is -5.12. The van der Waals surface area contributed by atoms with E-state index in [1.165, 1.54) is 77.0 Å². The fraction of sp³-hybridized carbons (Fsp3) is 0.867. The minimum atomic E-state index is -5.12. The normalized spacial score (nSPS) is 22.5. The van der Waals surface area contributed by atoms with E-state index in [9.17, 15) is 44.6 Å². The third-order valence-corrected chi connectivity index (χ3v) is 11.8. The first-order valence-corrected chi connectivity index (χ1v) is 24.6. The van der Waals surface area contributed by atoms with Gasteiger partial charge in [0.15, 0.2) is 6.10 Å². The predicted molar refractivity (Wildman–Crippen MR) is 230 cm³/mol. The molecule has 0 radical (unpaired) electrons. The number of hydrogen-bond acceptors (Lipinski definition) is 12. The Morgan fingerprint density at radius 1 is 0.508 bits per heavy atom. The van der Waals surface area contributed by atoms with Gasteiger partial charge in [0, 0.05) is 12.8 Å². The second kappa shape index (κ2) is 35.9. The second-order valence-corrected chi connectivity index (χ2v) is 17.7. The summed E-state index contributed by atoms with van der Waals surface area (Å²) >= 11 is 0. The van der Waals surface area contributed by atoms with E-state index < -0.39 is 75.7 Å². The van der Waals surface area contributed by atoms with E-state index in [-0.39, 0.29) is 12.8 Å². The highest BCUT2D eigenvalue weighted by Gasteiger charge is 2.51. The molecular formula is C45H83O13P. The van der Waals surface area contributed by atoms with Crippen LogP contribution in [0.1, 0.15) is 194 Å². The minimum absolute atomic E-state index is 0.0868. The predicted octanol–water partition coefficient (Wildman–Crippen LogP) is 8.84. The molecule has 1 aliphatic rings. The molecule has 6 unspecified atom stereocenters. The van der Waals surface area contributed by atoms with Gasteiger partial charge in [0.05, 0.1) is 6.61 Å². The highest BCUT2D eigenvalue weighted by molar-refractivity contribution is 7.47. The summed E-state index contributed by atoms with van der Waals surface area (Å²) < 4.78 is 33.5. The van der Waals surface area contributed by atoms with Crippen molar-refractivity contribution in [1.29, 1.82) is 0 Å². The first-order valence-electron chi connectivity index (χ1n) is 23.1. The van der Waals surface area contributed by atoms with Crippen molar-refractivity contribution in [2.45, 2.75) is 236 Å². The largest absolute Gasteiger partial charge is 0.472 e. The lowest BCUT2D eigenvalue weighted by molar-refractivity contribution is -0.220. The van der Waals surface area contributed by atoms with Crippen LogP contribution in [0, 0.1) is 0 Å². The van der Waals surface area contributed by atoms with Gasteiger partial charge in [-0.3, -0.25) is 18.6 Å². The zero-order valence-electron chi connectivity index (χ0n) is 36.6. The Morgan fingerprint density at radius 2 is 0.864 bits per heavy atom. The van der Waals surface area contributed by atoms with Gasteiger partial charge in [-0.05, 0) is 64.2 Å². The van der Waals surface area contributed by atoms with Gasteiger partial charge in [-0.1, -0.05) is 141 Å². The van der Waals surface area contributed by atoms with Crippen LogP contribution in [0.5, 0.6) is 0 Å². The van der Waals surface area contributed by atoms with Gasteiger partial charge in [-0.15, -0.1) is 0 Å². The van der Waals surface area contributed by atoms with Crippen LogP contribution in [-0.4, -0.2) is 98.3 Å². The van der Waals surface area contributed by atoms with Crippen molar-refractivity contribution >= 4 is 19.8 Å². The molecule has 0 saturated heterocycles. The maximum atomic E-state index is 12.8. The molecule has 0 amide bonds. The molecular weight excluding hydrogens is 779 g/mol. The molecule has 346 valence electrons. The summed E-state index contributed by atoms with van der Waals surface area (Å²) in [6.07, 6.45) is 25.2. The van der Waals surface area contributed by atoms with Crippen molar-refractivity contribution in [3.63, 3.8) is 0 Å². The zero-order chi connectivity index (χ0) is 43.6. The van der Waals surface area contributed by atoms with Crippen LogP contribution in [0.4, 0.5) is 0 Å². The first-order chi connectivity index (χ1) is 28.4. The maximum Gasteiger partial charge on any atom is 0.472 e. The number of aliphatic hydroxyl groups excluding tert-OH is 5. The molecule has 59 heavy (non-hydrogen) atoms. The summed E-state index contributed by atoms with van der Waals surface area (Å²) in [6, 6.07) is 0. The van der Waals surface area contributed by atoms with Crippen molar-refractivity contribution in [2.24, 2.45) is 0 Å². The van der Waals surface area contributed by atoms with E-state index in [0.717, 1.165) is 77.0 Å². The average molecular weight is 863 g/mol. The van der Waals surface area contributed by atoms with Crippen LogP contribution in [-0.2, 0) is 32.7 Å². The highest BCUT2D eigenvalue weighted by atomic mass is 31.2. The Morgan fingerprint density at radius 3 is 1.29 bits per heavy atom. The zero-order valence-corrected chi connectivity index (χ0v) is 37.4. The molecule has 14 heteroatoms. The second-order valence-electron chi connectivity index (χ2n) is 16.3. The summed E-state index contributed by atoms with van der Waals surface area (Å²) in [5, 5.41) is 50.1. The van der Waals surface area contributed by atoms with Crippen LogP contribution in [0.2, 0.25) is 0 Å². The van der Waals surface area contributed by atoms with E-state index in [0.29, 0.717) is 12.8 Å². The first kappa shape index (κ1) is 55.3. The molecule has 0 bridgehead atoms. The summed E-state index contributed by atoms with van der Waals surface area (Å²) in [5.74, 6) is -1.12. The van der Waals surface area contributed by atoms with E-state index in [4.69, 9.17) is 18.5 Å². The third-order valence-electron chi connectivity index (χ3n) is 10.8. The number of hydrogen-bond donors (Lipinski definition) is 6. The lowest BCUT2D eigenvalue weighted by atomic mass is 9.85. The average Bonchev–Trinajstić information content (AvgIpc) is 3.21. The van der Waals surface area contributed by atoms with Crippen molar-refractivity contribution < 1.29 is 63.1 Å². The van der Waals surface area contributed by atoms with Gasteiger partial charge in [0.1, 0.15) is 43.2 Å². The number of esters is 2. The molecule has 0 heterocycles. The molecule has 1 saturated carbocycles. The smallest absolute Gasteiger partial charge is 0.462 e. The molecule has 1 rings (SSSR count). The standard InChI is InChI=1S/C45H83O13P/c1-3-5-7-9-11-13-15-17-19-20-22-24-26-28-30-32-34-39(47)57-37(36-56-59(53,54)58-45-43(51)41(49)40(48)42(50)44(45)52)35-55-38(46)33-31-29-27-25-23-21-18-16-14-12-10-8-6-4-2/h16,18-20,37,40-45,48-52H,3-15,17,21-36H2,1-2H3,(H,53,54)/b18-16-,20-19-/t37-,40?,41-,42?,43?,44?,45?/m1/s1. The number of rotatable bonds is 38. The van der Waals surface area contributed by atoms with Crippen LogP contribution in [0.15, 0.2) is 24.3 Å². The van der Waals surface area contributed by atoms with E-state index >= 15 is 0 Å². The van der Waals surface area contributed by atoms with E-state index in [2.05, 4.69) is 38.2 Å². The van der Waals surface area contributed by atoms with E-state index in [1.54, 1.807) is 0 Å². The van der Waals surface area contributed by atoms with Crippen LogP contribution < -0.4 is 0 Å². The molecule has 1 fully saturated rings. The van der Waals surface area contributed by atoms with Gasteiger partial charge in [-0.2, -0.15) is 0 Å². The fourth-order valence-electron chi connectivity index (χ4n) is 6.98. The number of unbranched alkanes of at least 4 members (excludes halogenated alkanes) is 22. The number of phosphoric ester groups is 1. The Bertz CT molecular complexity index is 1130. The number of ether oxygens (including phenoxy) is 2. The summed E-state index contributed by atoms with van der Waals surface area (Å²) in [4.78, 5) is 35.7. The Hall–Kier alpha value is -1.67. The molecule has 13 nitrogen and oxygen atoms in total. The monoisotopic (exact) mass is 863 g/mol. The Balaban J connectivity index is 2.47. The summed E-state index contributed by atoms with van der Waals surface area (Å²) in [6.45, 7) is 3.27. The third kappa shape index (κ3) is 28.5. The molecule has 0 aromatic rings. The van der Waals surface area contributed by atoms with Crippen molar-refractivity contribution in [3.8, 4) is 0 Å². The van der Waals surface area contributed by atoms with Gasteiger partial charge in [0.2, 0.25) is 0 Å². The van der Waals surface area contributed by atoms with Crippen molar-refractivity contribution in [1.82, 2.24) is 0 Å². The lowest BCUT2D eigenvalue weighted by Crippen LogP contribution is -2.64. The maximum absolute atomic E-state index is 12.8. The van der Waals surface area contributed by atoms with Crippen molar-refractivity contribution in [2.75, 3.05) is 13.2 Å². The van der Waals surface area contributed by atoms with Crippen molar-refractivity contribution in [3.05, 3.63) is 24.3 Å². The SMILES string of the molecule is CCCCCCC/C=C\CCCCCCCC(=O)OC[C@H](COP(=O)(O)OC1C(O)C(O)C(O)[C@@H](O)C1O)OC(=O)CCCCCCC/C=C\CCCCCCCCC. The van der Waals surface area contributed by atoms with Gasteiger partial charge >= 0.3 is 19.8 Å². The molecule has 0 spiro atoms. The molecule has 8 atom stereocenters. The molecule has 0 aromatic heterocycles. The molecule has 0 aromatic carbocycles. The van der Waals surface area contributed by atoms with Gasteiger partial charge in [0.25, 0.3) is 0 Å². The van der Waals surface area contributed by atoms with Crippen LogP contribution in [0.25, 0.3) is 0 Å². The fourth-order valence-corrected chi connectivity index (χ4v) is 7.95. The molecule has 6 N–H and O–H groups in total. The van der Waals surface area contributed by atoms with Gasteiger partial charge < -0.3 is 39.9 Å². The number of carbonyl (C=O) groups is 2. The topological polar surface area (TPSA) is 210 Å². The van der Waals surface area contributed by atoms with Gasteiger partial charge in [-0.25, -0.2) is 4.57 Å². The Kier molecular flexibility index (Phi) is 33.7. The molecule has 1 aliphatic carbocycles. The number of aliphatic hydroxyl groups is 5. The summed E-state index contributed by atoms with van der Waals surface area (Å²) in [5.41, 5.74) is 0. The van der Waals surface area contributed by atoms with E-state index in [1.807, 2.05) is 0 Å². The lowest BCUT2D eigenvalue weighted by Gasteiger charge is -2.41. The number of carbonyl (C=O) groups excluding carboxylic acids is 2. The van der Waals surface area contributed by atoms with Crippen LogP contribution in [0.3, 0.4) is 0 Å². The number of phosphoric acid groups is 1. The van der Waals surface area contributed by atoms with Crippen LogP contribution >= 0.6 is 7.82 Å². The Labute approximate surface area is 356 Å².